The number of benzene rings is 2. The molecule has 0 amide bonds. The Kier molecular flexibility index (Phi) is 6.11. The van der Waals surface area contributed by atoms with Crippen molar-refractivity contribution in [2.75, 3.05) is 18.4 Å². The average Bonchev–Trinajstić information content (AvgIpc) is 3.25. The van der Waals surface area contributed by atoms with Crippen LogP contribution in [0, 0.1) is 0 Å². The third-order valence-electron chi connectivity index (χ3n) is 6.36. The summed E-state index contributed by atoms with van der Waals surface area (Å²) in [5.74, 6) is 0.846. The summed E-state index contributed by atoms with van der Waals surface area (Å²) in [5, 5.41) is 8.17. The molecule has 0 spiro atoms. The van der Waals surface area contributed by atoms with Gasteiger partial charge < -0.3 is 15.6 Å². The number of nitrogens with one attached hydrogen (secondary N) is 3. The van der Waals surface area contributed by atoms with Crippen molar-refractivity contribution in [3.63, 3.8) is 0 Å². The molecule has 1 fully saturated rings. The van der Waals surface area contributed by atoms with Crippen LogP contribution in [0.3, 0.4) is 0 Å². The van der Waals surface area contributed by atoms with Gasteiger partial charge in [0, 0.05) is 43.5 Å². The van der Waals surface area contributed by atoms with Crippen molar-refractivity contribution < 1.29 is 0 Å². The number of hydrogen-bond acceptors (Lipinski definition) is 5. The molecule has 5 rings (SSSR count). The molecule has 2 aromatic carbocycles. The Morgan fingerprint density at radius 3 is 2.58 bits per heavy atom. The largest absolute Gasteiger partial charge is 0.363 e. The molecule has 0 radical (unpaired) electrons. The molecule has 1 aliphatic rings. The summed E-state index contributed by atoms with van der Waals surface area (Å²) in [6.07, 6.45) is 1.62. The Morgan fingerprint density at radius 1 is 1.00 bits per heavy atom. The zero-order chi connectivity index (χ0) is 22.8. The van der Waals surface area contributed by atoms with Gasteiger partial charge in [0.15, 0.2) is 0 Å². The van der Waals surface area contributed by atoms with E-state index in [0.717, 1.165) is 42.2 Å². The predicted octanol–water partition coefficient (Wildman–Crippen LogP) is 4.98. The Balaban J connectivity index is 1.38. The first kappa shape index (κ1) is 21.6. The van der Waals surface area contributed by atoms with Crippen LogP contribution in [0.2, 0.25) is 0 Å². The Labute approximate surface area is 195 Å². The molecule has 0 bridgehead atoms. The molecule has 6 nitrogen and oxygen atoms in total. The zero-order valence-electron chi connectivity index (χ0n) is 19.5. The maximum absolute atomic E-state index is 4.53. The summed E-state index contributed by atoms with van der Waals surface area (Å²) in [6.45, 7) is 9.78. The highest BCUT2D eigenvalue weighted by molar-refractivity contribution is 5.91. The standard InChI is InChI=1S/C27H32N6/c1-18-14-33(15-19(2)30-18)16-21-8-7-11-23(12-21)25-13-24-26(28-17-29-27(24)32-25)31-20(3)22-9-5-4-6-10-22/h4-13,17-20,30H,14-16H2,1-3H3,(H2,28,29,31,32). The molecule has 4 aromatic rings. The van der Waals surface area contributed by atoms with E-state index in [1.165, 1.54) is 16.7 Å². The van der Waals surface area contributed by atoms with E-state index in [-0.39, 0.29) is 6.04 Å². The molecular weight excluding hydrogens is 408 g/mol. The lowest BCUT2D eigenvalue weighted by atomic mass is 10.1. The van der Waals surface area contributed by atoms with Gasteiger partial charge in [-0.3, -0.25) is 4.90 Å². The van der Waals surface area contributed by atoms with Crippen LogP contribution in [0.1, 0.15) is 37.9 Å². The minimum absolute atomic E-state index is 0.148. The summed E-state index contributed by atoms with van der Waals surface area (Å²) >= 11 is 0. The second-order valence-corrected chi connectivity index (χ2v) is 9.31. The molecule has 0 saturated carbocycles. The molecule has 3 unspecified atom stereocenters. The monoisotopic (exact) mass is 440 g/mol. The number of hydrogen-bond donors (Lipinski definition) is 3. The van der Waals surface area contributed by atoms with Crippen LogP contribution in [0.5, 0.6) is 0 Å². The van der Waals surface area contributed by atoms with Gasteiger partial charge >= 0.3 is 0 Å². The van der Waals surface area contributed by atoms with Crippen molar-refractivity contribution in [2.24, 2.45) is 0 Å². The van der Waals surface area contributed by atoms with Crippen LogP contribution in [-0.4, -0.2) is 45.0 Å². The third-order valence-corrected chi connectivity index (χ3v) is 6.36. The minimum atomic E-state index is 0.148. The van der Waals surface area contributed by atoms with Crippen molar-refractivity contribution in [3.8, 4) is 11.3 Å². The van der Waals surface area contributed by atoms with Gasteiger partial charge in [-0.25, -0.2) is 9.97 Å². The summed E-state index contributed by atoms with van der Waals surface area (Å²) in [4.78, 5) is 15.0. The van der Waals surface area contributed by atoms with Crippen LogP contribution in [0.4, 0.5) is 5.82 Å². The van der Waals surface area contributed by atoms with E-state index in [2.05, 4.69) is 106 Å². The van der Waals surface area contributed by atoms with E-state index in [1.54, 1.807) is 6.33 Å². The number of anilines is 1. The number of rotatable bonds is 6. The number of H-pyrrole nitrogens is 1. The summed E-state index contributed by atoms with van der Waals surface area (Å²) in [7, 11) is 0. The molecule has 0 aliphatic carbocycles. The van der Waals surface area contributed by atoms with Crippen molar-refractivity contribution in [3.05, 3.63) is 78.1 Å². The third kappa shape index (κ3) is 4.92. The number of piperazine rings is 1. The second-order valence-electron chi connectivity index (χ2n) is 9.31. The lowest BCUT2D eigenvalue weighted by Gasteiger charge is -2.36. The van der Waals surface area contributed by atoms with E-state index in [9.17, 15) is 0 Å². The van der Waals surface area contributed by atoms with Crippen LogP contribution < -0.4 is 10.6 Å². The molecule has 2 aromatic heterocycles. The maximum atomic E-state index is 4.53. The number of nitrogens with zero attached hydrogens (tertiary/aromatic N) is 3. The summed E-state index contributed by atoms with van der Waals surface area (Å²) in [6, 6.07) is 22.6. The molecule has 1 aliphatic heterocycles. The fraction of sp³-hybridized carbons (Fsp3) is 0.333. The van der Waals surface area contributed by atoms with Gasteiger partial charge in [-0.2, -0.15) is 0 Å². The first-order chi connectivity index (χ1) is 16.0. The average molecular weight is 441 g/mol. The Morgan fingerprint density at radius 2 is 1.79 bits per heavy atom. The van der Waals surface area contributed by atoms with Gasteiger partial charge in [-0.05, 0) is 49.6 Å². The first-order valence-electron chi connectivity index (χ1n) is 11.8. The minimum Gasteiger partial charge on any atom is -0.363 e. The second kappa shape index (κ2) is 9.33. The van der Waals surface area contributed by atoms with Gasteiger partial charge in [0.25, 0.3) is 0 Å². The molecule has 3 N–H and O–H groups in total. The molecule has 3 atom stereocenters. The molecular formula is C27H32N6. The first-order valence-corrected chi connectivity index (χ1v) is 11.8. The normalized spacial score (nSPS) is 20.1. The molecule has 3 heterocycles. The SMILES string of the molecule is CC1CN(Cc2cccc(-c3cc4c(NC(C)c5ccccc5)ncnc4[nH]3)c2)CC(C)N1. The van der Waals surface area contributed by atoms with Gasteiger partial charge in [-0.1, -0.05) is 48.5 Å². The van der Waals surface area contributed by atoms with E-state index in [1.807, 2.05) is 6.07 Å². The van der Waals surface area contributed by atoms with Gasteiger partial charge in [0.1, 0.15) is 17.8 Å². The maximum Gasteiger partial charge on any atom is 0.143 e. The van der Waals surface area contributed by atoms with Crippen LogP contribution in [0.15, 0.2) is 67.0 Å². The molecule has 6 heteroatoms. The topological polar surface area (TPSA) is 68.9 Å². The smallest absolute Gasteiger partial charge is 0.143 e. The molecule has 1 saturated heterocycles. The Bertz CT molecular complexity index is 1210. The molecule has 33 heavy (non-hydrogen) atoms. The summed E-state index contributed by atoms with van der Waals surface area (Å²) < 4.78 is 0. The fourth-order valence-electron chi connectivity index (χ4n) is 4.91. The number of fused-ring (bicyclic) bond motifs is 1. The van der Waals surface area contributed by atoms with Crippen molar-refractivity contribution in [1.82, 2.24) is 25.2 Å². The zero-order valence-corrected chi connectivity index (χ0v) is 19.5. The van der Waals surface area contributed by atoms with E-state index < -0.39 is 0 Å². The van der Waals surface area contributed by atoms with E-state index in [4.69, 9.17) is 0 Å². The van der Waals surface area contributed by atoms with Gasteiger partial charge in [0.2, 0.25) is 0 Å². The highest BCUT2D eigenvalue weighted by Crippen LogP contribution is 2.29. The van der Waals surface area contributed by atoms with Gasteiger partial charge in [-0.15, -0.1) is 0 Å². The van der Waals surface area contributed by atoms with Crippen LogP contribution in [-0.2, 0) is 6.54 Å². The van der Waals surface area contributed by atoms with Crippen molar-refractivity contribution in [2.45, 2.75) is 45.4 Å². The quantitative estimate of drug-likeness (QED) is 0.395. The van der Waals surface area contributed by atoms with Crippen molar-refractivity contribution in [1.29, 1.82) is 0 Å². The summed E-state index contributed by atoms with van der Waals surface area (Å²) in [5.41, 5.74) is 5.63. The predicted molar refractivity (Wildman–Crippen MR) is 135 cm³/mol. The fourth-order valence-corrected chi connectivity index (χ4v) is 4.91. The Hall–Kier alpha value is -3.22. The van der Waals surface area contributed by atoms with Crippen LogP contribution in [0.25, 0.3) is 22.3 Å². The van der Waals surface area contributed by atoms with Crippen molar-refractivity contribution >= 4 is 16.9 Å². The van der Waals surface area contributed by atoms with Crippen LogP contribution >= 0.6 is 0 Å². The lowest BCUT2D eigenvalue weighted by Crippen LogP contribution is -2.53. The van der Waals surface area contributed by atoms with E-state index >= 15 is 0 Å². The number of aromatic nitrogens is 3. The van der Waals surface area contributed by atoms with Gasteiger partial charge in [0.05, 0.1) is 5.39 Å². The lowest BCUT2D eigenvalue weighted by molar-refractivity contribution is 0.166. The molecule has 170 valence electrons. The number of aromatic amines is 1. The highest BCUT2D eigenvalue weighted by atomic mass is 15.2. The van der Waals surface area contributed by atoms with E-state index in [0.29, 0.717) is 12.1 Å². The highest BCUT2D eigenvalue weighted by Gasteiger charge is 2.21.